The quantitative estimate of drug-likeness (QED) is 0.517. The number of carbonyl (C=O) groups excluding carboxylic acids is 1. The van der Waals surface area contributed by atoms with Crippen LogP contribution in [0.3, 0.4) is 0 Å². The molecular formula is C24H24FNO4. The first-order chi connectivity index (χ1) is 14.4. The van der Waals surface area contributed by atoms with Gasteiger partial charge in [-0.25, -0.2) is 4.39 Å². The fraction of sp³-hybridized carbons (Fsp3) is 0.208. The van der Waals surface area contributed by atoms with Crippen molar-refractivity contribution in [2.24, 2.45) is 0 Å². The van der Waals surface area contributed by atoms with E-state index in [9.17, 15) is 9.18 Å². The van der Waals surface area contributed by atoms with Crippen molar-refractivity contribution in [2.45, 2.75) is 20.4 Å². The number of aryl methyl sites for hydroxylation is 1. The molecule has 0 aliphatic rings. The Balaban J connectivity index is 2.04. The highest BCUT2D eigenvalue weighted by Crippen LogP contribution is 2.36. The molecule has 0 aliphatic carbocycles. The molecule has 0 unspecified atom stereocenters. The first-order valence-corrected chi connectivity index (χ1v) is 9.45. The van der Waals surface area contributed by atoms with Crippen LogP contribution in [0, 0.1) is 12.7 Å². The van der Waals surface area contributed by atoms with Crippen molar-refractivity contribution in [1.29, 1.82) is 0 Å². The van der Waals surface area contributed by atoms with Crippen LogP contribution in [0.4, 0.5) is 10.1 Å². The number of anilines is 1. The van der Waals surface area contributed by atoms with Gasteiger partial charge in [0.15, 0.2) is 5.75 Å². The van der Waals surface area contributed by atoms with Gasteiger partial charge in [-0.3, -0.25) is 4.79 Å². The summed E-state index contributed by atoms with van der Waals surface area (Å²) >= 11 is 0. The summed E-state index contributed by atoms with van der Waals surface area (Å²) in [6, 6.07) is 17.0. The van der Waals surface area contributed by atoms with E-state index < -0.39 is 5.82 Å². The molecule has 0 fully saturated rings. The first-order valence-electron chi connectivity index (χ1n) is 9.45. The topological polar surface area (TPSA) is 48.0 Å². The number of benzene rings is 3. The van der Waals surface area contributed by atoms with Gasteiger partial charge in [-0.1, -0.05) is 18.2 Å². The minimum absolute atomic E-state index is 0.156. The lowest BCUT2D eigenvalue weighted by atomic mass is 10.1. The van der Waals surface area contributed by atoms with Crippen LogP contribution in [-0.4, -0.2) is 20.1 Å². The zero-order valence-corrected chi connectivity index (χ0v) is 17.4. The molecule has 3 aromatic rings. The van der Waals surface area contributed by atoms with Crippen LogP contribution in [-0.2, 0) is 11.3 Å². The van der Waals surface area contributed by atoms with Crippen molar-refractivity contribution in [2.75, 3.05) is 19.1 Å². The summed E-state index contributed by atoms with van der Waals surface area (Å²) in [5.41, 5.74) is 1.98. The van der Waals surface area contributed by atoms with Crippen LogP contribution in [0.15, 0.2) is 60.7 Å². The first kappa shape index (κ1) is 21.2. The molecule has 0 N–H and O–H groups in total. The van der Waals surface area contributed by atoms with E-state index in [1.54, 1.807) is 32.4 Å². The zero-order valence-electron chi connectivity index (χ0n) is 17.4. The van der Waals surface area contributed by atoms with Crippen molar-refractivity contribution >= 4 is 11.6 Å². The third-order valence-electron chi connectivity index (χ3n) is 4.72. The Labute approximate surface area is 175 Å². The second-order valence-corrected chi connectivity index (χ2v) is 6.76. The second-order valence-electron chi connectivity index (χ2n) is 6.76. The van der Waals surface area contributed by atoms with Gasteiger partial charge in [0, 0.05) is 18.6 Å². The number of ether oxygens (including phenoxy) is 3. The molecule has 0 spiro atoms. The number of para-hydroxylation sites is 1. The standard InChI is InChI=1S/C24H24FNO4/c1-16-7-5-6-8-22(16)30-24-11-9-19(25)14-21(24)26(17(2)27)15-18-13-20(28-3)10-12-23(18)29-4/h5-14H,15H2,1-4H3. The predicted molar refractivity (Wildman–Crippen MR) is 114 cm³/mol. The SMILES string of the molecule is COc1ccc(OC)c(CN(C(C)=O)c2cc(F)ccc2Oc2ccccc2C)c1. The van der Waals surface area contributed by atoms with Gasteiger partial charge >= 0.3 is 0 Å². The molecule has 156 valence electrons. The molecule has 0 radical (unpaired) electrons. The number of rotatable bonds is 7. The highest BCUT2D eigenvalue weighted by molar-refractivity contribution is 5.93. The van der Waals surface area contributed by atoms with Gasteiger partial charge in [-0.2, -0.15) is 0 Å². The maximum Gasteiger partial charge on any atom is 0.224 e. The Hall–Kier alpha value is -3.54. The summed E-state index contributed by atoms with van der Waals surface area (Å²) in [6.45, 7) is 3.50. The molecular weight excluding hydrogens is 385 g/mol. The summed E-state index contributed by atoms with van der Waals surface area (Å²) in [7, 11) is 3.12. The van der Waals surface area contributed by atoms with E-state index in [2.05, 4.69) is 0 Å². The summed E-state index contributed by atoms with van der Waals surface area (Å²) < 4.78 is 30.9. The van der Waals surface area contributed by atoms with Crippen LogP contribution >= 0.6 is 0 Å². The maximum absolute atomic E-state index is 14.2. The summed E-state index contributed by atoms with van der Waals surface area (Å²) in [5.74, 6) is 1.51. The molecule has 0 heterocycles. The number of methoxy groups -OCH3 is 2. The van der Waals surface area contributed by atoms with E-state index in [1.165, 1.54) is 30.0 Å². The summed E-state index contributed by atoms with van der Waals surface area (Å²) in [6.07, 6.45) is 0. The molecule has 0 bridgehead atoms. The lowest BCUT2D eigenvalue weighted by Gasteiger charge is -2.25. The number of amides is 1. The van der Waals surface area contributed by atoms with Crippen molar-refractivity contribution in [1.82, 2.24) is 0 Å². The van der Waals surface area contributed by atoms with Crippen molar-refractivity contribution in [3.63, 3.8) is 0 Å². The van der Waals surface area contributed by atoms with Crippen molar-refractivity contribution < 1.29 is 23.4 Å². The number of hydrogen-bond donors (Lipinski definition) is 0. The van der Waals surface area contributed by atoms with E-state index in [4.69, 9.17) is 14.2 Å². The number of carbonyl (C=O) groups is 1. The minimum Gasteiger partial charge on any atom is -0.497 e. The summed E-state index contributed by atoms with van der Waals surface area (Å²) in [4.78, 5) is 14.0. The van der Waals surface area contributed by atoms with E-state index in [0.717, 1.165) is 11.1 Å². The van der Waals surface area contributed by atoms with Gasteiger partial charge in [0.25, 0.3) is 0 Å². The largest absolute Gasteiger partial charge is 0.497 e. The van der Waals surface area contributed by atoms with E-state index in [1.807, 2.05) is 31.2 Å². The fourth-order valence-corrected chi connectivity index (χ4v) is 3.12. The number of hydrogen-bond acceptors (Lipinski definition) is 4. The van der Waals surface area contributed by atoms with Crippen LogP contribution < -0.4 is 19.1 Å². The zero-order chi connectivity index (χ0) is 21.7. The van der Waals surface area contributed by atoms with Gasteiger partial charge in [-0.15, -0.1) is 0 Å². The number of nitrogens with zero attached hydrogens (tertiary/aromatic N) is 1. The molecule has 0 aromatic heterocycles. The van der Waals surface area contributed by atoms with Gasteiger partial charge in [0.05, 0.1) is 26.5 Å². The second kappa shape index (κ2) is 9.31. The molecule has 0 saturated carbocycles. The van der Waals surface area contributed by atoms with Crippen LogP contribution in [0.2, 0.25) is 0 Å². The third kappa shape index (κ3) is 4.71. The van der Waals surface area contributed by atoms with Crippen molar-refractivity contribution in [3.8, 4) is 23.0 Å². The Kier molecular flexibility index (Phi) is 6.57. The molecule has 0 saturated heterocycles. The molecule has 5 nitrogen and oxygen atoms in total. The van der Waals surface area contributed by atoms with Gasteiger partial charge in [0.1, 0.15) is 23.1 Å². The third-order valence-corrected chi connectivity index (χ3v) is 4.72. The smallest absolute Gasteiger partial charge is 0.224 e. The average molecular weight is 409 g/mol. The van der Waals surface area contributed by atoms with Gasteiger partial charge in [0.2, 0.25) is 5.91 Å². The molecule has 3 rings (SSSR count). The van der Waals surface area contributed by atoms with Crippen LogP contribution in [0.1, 0.15) is 18.1 Å². The highest BCUT2D eigenvalue weighted by Gasteiger charge is 2.21. The number of halogens is 1. The Bertz CT molecular complexity index is 1050. The molecule has 0 atom stereocenters. The van der Waals surface area contributed by atoms with E-state index in [-0.39, 0.29) is 12.5 Å². The lowest BCUT2D eigenvalue weighted by Crippen LogP contribution is -2.28. The molecule has 6 heteroatoms. The van der Waals surface area contributed by atoms with Crippen LogP contribution in [0.5, 0.6) is 23.0 Å². The minimum atomic E-state index is -0.467. The van der Waals surface area contributed by atoms with Crippen LogP contribution in [0.25, 0.3) is 0 Å². The van der Waals surface area contributed by atoms with Gasteiger partial charge < -0.3 is 19.1 Å². The highest BCUT2D eigenvalue weighted by atomic mass is 19.1. The maximum atomic E-state index is 14.2. The average Bonchev–Trinajstić information content (AvgIpc) is 2.74. The lowest BCUT2D eigenvalue weighted by molar-refractivity contribution is -0.116. The van der Waals surface area contributed by atoms with E-state index in [0.29, 0.717) is 28.7 Å². The Morgan fingerprint density at radius 1 is 0.933 bits per heavy atom. The van der Waals surface area contributed by atoms with Gasteiger partial charge in [-0.05, 0) is 48.9 Å². The Morgan fingerprint density at radius 2 is 1.67 bits per heavy atom. The normalized spacial score (nSPS) is 10.4. The Morgan fingerprint density at radius 3 is 2.33 bits per heavy atom. The fourth-order valence-electron chi connectivity index (χ4n) is 3.12. The molecule has 30 heavy (non-hydrogen) atoms. The van der Waals surface area contributed by atoms with E-state index >= 15 is 0 Å². The predicted octanol–water partition coefficient (Wildman–Crippen LogP) is 5.50. The molecule has 0 aliphatic heterocycles. The molecule has 1 amide bonds. The molecule has 3 aromatic carbocycles. The summed E-state index contributed by atoms with van der Waals surface area (Å²) in [5, 5.41) is 0. The van der Waals surface area contributed by atoms with Crippen molar-refractivity contribution in [3.05, 3.63) is 77.6 Å². The monoisotopic (exact) mass is 409 g/mol.